The molecule has 0 bridgehead atoms. The Hall–Kier alpha value is -3.65. The van der Waals surface area contributed by atoms with Crippen LogP contribution in [0.3, 0.4) is 0 Å². The molecule has 0 spiro atoms. The molecular weight excluding hydrogens is 419 g/mol. The summed E-state index contributed by atoms with van der Waals surface area (Å²) in [6.07, 6.45) is 1.12. The summed E-state index contributed by atoms with van der Waals surface area (Å²) >= 11 is 0. The first-order valence-electron chi connectivity index (χ1n) is 9.94. The number of fused-ring (bicyclic) bond motifs is 1. The molecule has 0 atom stereocenters. The molecule has 160 valence electrons. The number of hydrogen-bond donors (Lipinski definition) is 0. The minimum absolute atomic E-state index is 0.0978. The second-order valence-corrected chi connectivity index (χ2v) is 7.59. The van der Waals surface area contributed by atoms with Crippen LogP contribution in [0, 0.1) is 47.9 Å². The summed E-state index contributed by atoms with van der Waals surface area (Å²) in [6, 6.07) is 15.3. The zero-order valence-corrected chi connectivity index (χ0v) is 17.1. The zero-order chi connectivity index (χ0) is 22.8. The van der Waals surface area contributed by atoms with Crippen molar-refractivity contribution in [2.24, 2.45) is 0 Å². The summed E-state index contributed by atoms with van der Waals surface area (Å²) < 4.78 is 69.7. The van der Waals surface area contributed by atoms with Crippen molar-refractivity contribution in [1.29, 1.82) is 0 Å². The highest BCUT2D eigenvalue weighted by Crippen LogP contribution is 2.24. The second-order valence-electron chi connectivity index (χ2n) is 7.59. The van der Waals surface area contributed by atoms with Crippen LogP contribution in [0.4, 0.5) is 22.0 Å². The molecular formula is C27H17F5. The molecule has 0 saturated heterocycles. The van der Waals surface area contributed by atoms with Crippen LogP contribution < -0.4 is 0 Å². The monoisotopic (exact) mass is 436 g/mol. The third kappa shape index (κ3) is 4.50. The third-order valence-corrected chi connectivity index (χ3v) is 5.23. The van der Waals surface area contributed by atoms with Gasteiger partial charge in [-0.05, 0) is 66.6 Å². The van der Waals surface area contributed by atoms with Gasteiger partial charge in [0, 0.05) is 10.9 Å². The molecule has 0 radical (unpaired) electrons. The molecule has 0 aliphatic carbocycles. The van der Waals surface area contributed by atoms with Gasteiger partial charge in [-0.25, -0.2) is 22.0 Å². The van der Waals surface area contributed by atoms with Gasteiger partial charge in [-0.2, -0.15) is 0 Å². The summed E-state index contributed by atoms with van der Waals surface area (Å²) in [6.45, 7) is 1.99. The molecule has 4 aromatic carbocycles. The lowest BCUT2D eigenvalue weighted by Crippen LogP contribution is -1.97. The average Bonchev–Trinajstić information content (AvgIpc) is 2.76. The fourth-order valence-electron chi connectivity index (χ4n) is 3.45. The molecule has 0 fully saturated rings. The highest BCUT2D eigenvalue weighted by atomic mass is 19.2. The van der Waals surface area contributed by atoms with Gasteiger partial charge < -0.3 is 0 Å². The van der Waals surface area contributed by atoms with E-state index in [2.05, 4.69) is 11.8 Å². The third-order valence-electron chi connectivity index (χ3n) is 5.23. The second kappa shape index (κ2) is 8.84. The van der Waals surface area contributed by atoms with Crippen molar-refractivity contribution in [2.75, 3.05) is 0 Å². The molecule has 4 aromatic rings. The molecule has 0 saturated carbocycles. The van der Waals surface area contributed by atoms with Crippen LogP contribution >= 0.6 is 0 Å². The van der Waals surface area contributed by atoms with E-state index in [4.69, 9.17) is 0 Å². The van der Waals surface area contributed by atoms with Crippen LogP contribution in [0.1, 0.15) is 27.8 Å². The molecule has 0 N–H and O–H groups in total. The molecule has 0 unspecified atom stereocenters. The van der Waals surface area contributed by atoms with E-state index in [0.717, 1.165) is 17.2 Å². The minimum Gasteiger partial charge on any atom is -0.206 e. The Morgan fingerprint density at radius 2 is 1.28 bits per heavy atom. The Kier molecular flexibility index (Phi) is 5.96. The molecule has 0 aliphatic rings. The van der Waals surface area contributed by atoms with E-state index in [9.17, 15) is 22.0 Å². The Morgan fingerprint density at radius 3 is 1.97 bits per heavy atom. The summed E-state index contributed by atoms with van der Waals surface area (Å²) in [7, 11) is 0. The van der Waals surface area contributed by atoms with Crippen molar-refractivity contribution < 1.29 is 22.0 Å². The summed E-state index contributed by atoms with van der Waals surface area (Å²) in [5.41, 5.74) is 2.63. The molecule has 0 heterocycles. The van der Waals surface area contributed by atoms with E-state index in [1.54, 1.807) is 0 Å². The van der Waals surface area contributed by atoms with Gasteiger partial charge in [-0.1, -0.05) is 47.7 Å². The number of benzene rings is 4. The lowest BCUT2D eigenvalue weighted by Gasteiger charge is -2.06. The Balaban J connectivity index is 1.57. The predicted molar refractivity (Wildman–Crippen MR) is 115 cm³/mol. The van der Waals surface area contributed by atoms with Gasteiger partial charge in [0.15, 0.2) is 17.5 Å². The smallest absolute Gasteiger partial charge is 0.195 e. The quantitative estimate of drug-likeness (QED) is 0.184. The van der Waals surface area contributed by atoms with Gasteiger partial charge in [-0.15, -0.1) is 0 Å². The van der Waals surface area contributed by atoms with Crippen molar-refractivity contribution in [2.45, 2.75) is 19.8 Å². The van der Waals surface area contributed by atoms with Crippen LogP contribution in [-0.4, -0.2) is 0 Å². The largest absolute Gasteiger partial charge is 0.206 e. The molecule has 0 aromatic heterocycles. The average molecular weight is 436 g/mol. The van der Waals surface area contributed by atoms with E-state index in [-0.39, 0.29) is 21.9 Å². The van der Waals surface area contributed by atoms with E-state index in [1.165, 1.54) is 30.3 Å². The van der Waals surface area contributed by atoms with E-state index in [0.29, 0.717) is 18.4 Å². The number of aryl methyl sites for hydroxylation is 3. The van der Waals surface area contributed by atoms with Gasteiger partial charge in [0.1, 0.15) is 11.6 Å². The number of hydrogen-bond acceptors (Lipinski definition) is 0. The van der Waals surface area contributed by atoms with E-state index >= 15 is 0 Å². The molecule has 32 heavy (non-hydrogen) atoms. The van der Waals surface area contributed by atoms with Gasteiger partial charge in [0.25, 0.3) is 0 Å². The van der Waals surface area contributed by atoms with Crippen LogP contribution in [0.2, 0.25) is 0 Å². The normalized spacial score (nSPS) is 10.8. The van der Waals surface area contributed by atoms with Crippen molar-refractivity contribution in [3.8, 4) is 11.8 Å². The van der Waals surface area contributed by atoms with Crippen LogP contribution in [0.5, 0.6) is 0 Å². The van der Waals surface area contributed by atoms with Crippen molar-refractivity contribution in [1.82, 2.24) is 0 Å². The van der Waals surface area contributed by atoms with Gasteiger partial charge >= 0.3 is 0 Å². The zero-order valence-electron chi connectivity index (χ0n) is 17.1. The fraction of sp³-hybridized carbons (Fsp3) is 0.111. The maximum atomic E-state index is 14.5. The van der Waals surface area contributed by atoms with Crippen molar-refractivity contribution >= 4 is 10.8 Å². The highest BCUT2D eigenvalue weighted by molar-refractivity contribution is 5.84. The van der Waals surface area contributed by atoms with Crippen LogP contribution in [0.25, 0.3) is 10.8 Å². The SMILES string of the molecule is Cc1ccc(CCc2cc(F)c(C#Cc3ccc4c(F)c(F)c(F)cc4c3)c(F)c2)cc1. The molecule has 0 amide bonds. The maximum absolute atomic E-state index is 14.5. The van der Waals surface area contributed by atoms with Crippen LogP contribution in [0.15, 0.2) is 60.7 Å². The van der Waals surface area contributed by atoms with E-state index < -0.39 is 29.1 Å². The lowest BCUT2D eigenvalue weighted by atomic mass is 10.0. The Morgan fingerprint density at radius 1 is 0.625 bits per heavy atom. The first-order valence-corrected chi connectivity index (χ1v) is 9.94. The Labute approximate surface area is 182 Å². The molecule has 4 rings (SSSR count). The summed E-state index contributed by atoms with van der Waals surface area (Å²) in [4.78, 5) is 0. The van der Waals surface area contributed by atoms with E-state index in [1.807, 2.05) is 31.2 Å². The van der Waals surface area contributed by atoms with Crippen molar-refractivity contribution in [3.05, 3.63) is 118 Å². The number of halogens is 5. The maximum Gasteiger partial charge on any atom is 0.195 e. The fourth-order valence-corrected chi connectivity index (χ4v) is 3.45. The minimum atomic E-state index is -1.55. The van der Waals surface area contributed by atoms with Crippen LogP contribution in [-0.2, 0) is 12.8 Å². The molecule has 0 aliphatic heterocycles. The molecule has 0 nitrogen and oxygen atoms in total. The first kappa shape index (κ1) is 21.6. The van der Waals surface area contributed by atoms with Gasteiger partial charge in [0.05, 0.1) is 5.56 Å². The summed E-state index contributed by atoms with van der Waals surface area (Å²) in [5.74, 6) is -0.679. The van der Waals surface area contributed by atoms with Gasteiger partial charge in [0.2, 0.25) is 0 Å². The van der Waals surface area contributed by atoms with Gasteiger partial charge in [-0.3, -0.25) is 0 Å². The highest BCUT2D eigenvalue weighted by Gasteiger charge is 2.13. The summed E-state index contributed by atoms with van der Waals surface area (Å²) in [5, 5.41) is -0.00895. The standard InChI is InChI=1S/C27H17F5/c1-16-2-4-17(5-3-16)6-7-19-13-23(28)22(24(29)14-19)11-9-18-8-10-21-20(12-18)15-25(30)27(32)26(21)31/h2-5,8,10,12-15H,6-7H2,1H3. The molecule has 5 heteroatoms. The topological polar surface area (TPSA) is 0 Å². The lowest BCUT2D eigenvalue weighted by molar-refractivity contribution is 0.453. The predicted octanol–water partition coefficient (Wildman–Crippen LogP) is 7.03. The van der Waals surface area contributed by atoms with Crippen molar-refractivity contribution in [3.63, 3.8) is 0 Å². The first-order chi connectivity index (χ1) is 15.3. The number of rotatable bonds is 3. The Bertz CT molecular complexity index is 1350.